The Bertz CT molecular complexity index is 984. The Hall–Kier alpha value is -1.95. The quantitative estimate of drug-likeness (QED) is 0.317. The predicted molar refractivity (Wildman–Crippen MR) is 111 cm³/mol. The van der Waals surface area contributed by atoms with Crippen LogP contribution in [0.4, 0.5) is 0 Å². The molecule has 0 aliphatic rings. The van der Waals surface area contributed by atoms with E-state index in [4.69, 9.17) is 0 Å². The van der Waals surface area contributed by atoms with Crippen molar-refractivity contribution in [1.29, 1.82) is 0 Å². The number of rotatable bonds is 4. The second-order valence-corrected chi connectivity index (χ2v) is 8.75. The molecule has 0 N–H and O–H groups in total. The Balaban J connectivity index is 1.75. The van der Waals surface area contributed by atoms with E-state index in [9.17, 15) is 0 Å². The second-order valence-electron chi connectivity index (χ2n) is 5.39. The Morgan fingerprint density at radius 1 is 0.760 bits per heavy atom. The van der Waals surface area contributed by atoms with Gasteiger partial charge in [0.15, 0.2) is 0 Å². The van der Waals surface area contributed by atoms with Crippen LogP contribution in [-0.4, -0.2) is 30.0 Å². The van der Waals surface area contributed by atoms with Crippen LogP contribution in [0.15, 0.2) is 84.9 Å². The fourth-order valence-electron chi connectivity index (χ4n) is 2.53. The summed E-state index contributed by atoms with van der Waals surface area (Å²) >= 11 is 2.56. The molecule has 25 heavy (non-hydrogen) atoms. The molecule has 4 rings (SSSR count). The topological polar surface area (TPSA) is 30.7 Å². The Morgan fingerprint density at radius 3 is 2.16 bits per heavy atom. The summed E-state index contributed by atoms with van der Waals surface area (Å²) in [4.78, 5) is 0. The van der Waals surface area contributed by atoms with Crippen molar-refractivity contribution in [3.8, 4) is 16.9 Å². The monoisotopic (exact) mass is 503 g/mol. The minimum atomic E-state index is 0.222. The first-order valence-electron chi connectivity index (χ1n) is 7.82. The summed E-state index contributed by atoms with van der Waals surface area (Å²) in [5, 5.41) is 8.86. The van der Waals surface area contributed by atoms with Gasteiger partial charge in [0.25, 0.3) is 0 Å². The molecule has 4 aromatic rings. The zero-order chi connectivity index (χ0) is 17.1. The summed E-state index contributed by atoms with van der Waals surface area (Å²) in [6.45, 7) is 0. The van der Waals surface area contributed by atoms with Gasteiger partial charge < -0.3 is 0 Å². The number of halogens is 1. The summed E-state index contributed by atoms with van der Waals surface area (Å²) in [5.41, 5.74) is 3.11. The summed E-state index contributed by atoms with van der Waals surface area (Å²) in [6, 6.07) is 29.2. The van der Waals surface area contributed by atoms with Gasteiger partial charge in [0.2, 0.25) is 0 Å². The zero-order valence-corrected chi connectivity index (χ0v) is 17.1. The molecular formula is C20H14IN3Se. The first kappa shape index (κ1) is 16.5. The van der Waals surface area contributed by atoms with Gasteiger partial charge in [-0.1, -0.05) is 0 Å². The predicted octanol–water partition coefficient (Wildman–Crippen LogP) is 3.19. The summed E-state index contributed by atoms with van der Waals surface area (Å²) in [5.74, 6) is 0. The van der Waals surface area contributed by atoms with Gasteiger partial charge in [0.1, 0.15) is 0 Å². The molecule has 0 bridgehead atoms. The number of aromatic nitrogens is 3. The van der Waals surface area contributed by atoms with Gasteiger partial charge in [-0.05, 0) is 0 Å². The molecule has 5 heteroatoms. The summed E-state index contributed by atoms with van der Waals surface area (Å²) < 4.78 is 5.62. The van der Waals surface area contributed by atoms with Crippen molar-refractivity contribution in [2.45, 2.75) is 0 Å². The van der Waals surface area contributed by atoms with Crippen LogP contribution in [0, 0.1) is 3.70 Å². The van der Waals surface area contributed by atoms with Crippen LogP contribution < -0.4 is 8.92 Å². The van der Waals surface area contributed by atoms with Crippen LogP contribution in [0.1, 0.15) is 0 Å². The summed E-state index contributed by atoms with van der Waals surface area (Å²) in [7, 11) is 0. The van der Waals surface area contributed by atoms with Crippen molar-refractivity contribution in [1.82, 2.24) is 15.0 Å². The maximum atomic E-state index is 4.43. The second kappa shape index (κ2) is 7.52. The molecule has 1 aromatic heterocycles. The van der Waals surface area contributed by atoms with E-state index >= 15 is 0 Å². The Kier molecular flexibility index (Phi) is 4.97. The molecule has 122 valence electrons. The van der Waals surface area contributed by atoms with Gasteiger partial charge in [0, 0.05) is 0 Å². The average Bonchev–Trinajstić information content (AvgIpc) is 3.05. The Morgan fingerprint density at radius 2 is 1.40 bits per heavy atom. The molecule has 1 heterocycles. The van der Waals surface area contributed by atoms with Gasteiger partial charge in [-0.3, -0.25) is 0 Å². The van der Waals surface area contributed by atoms with Crippen LogP contribution >= 0.6 is 22.6 Å². The van der Waals surface area contributed by atoms with Crippen LogP contribution in [0.25, 0.3) is 16.9 Å². The number of hydrogen-bond donors (Lipinski definition) is 0. The number of benzene rings is 3. The first-order chi connectivity index (χ1) is 12.3. The van der Waals surface area contributed by atoms with Gasteiger partial charge in [-0.25, -0.2) is 0 Å². The van der Waals surface area contributed by atoms with E-state index in [1.54, 1.807) is 0 Å². The first-order valence-corrected chi connectivity index (χ1v) is 10.6. The maximum absolute atomic E-state index is 4.43. The number of para-hydroxylation sites is 1. The normalized spacial score (nSPS) is 10.8. The van der Waals surface area contributed by atoms with E-state index in [2.05, 4.69) is 99.6 Å². The van der Waals surface area contributed by atoms with Crippen molar-refractivity contribution >= 4 is 46.5 Å². The number of hydrogen-bond acceptors (Lipinski definition) is 2. The SMILES string of the molecule is Ic1c(-c2ccccc2)nnn1-c1ccccc1[Se]c1ccccc1. The van der Waals surface area contributed by atoms with Crippen LogP contribution in [0.3, 0.4) is 0 Å². The number of nitrogens with zero attached hydrogens (tertiary/aromatic N) is 3. The molecule has 0 unspecified atom stereocenters. The van der Waals surface area contributed by atoms with Crippen molar-refractivity contribution in [3.05, 3.63) is 88.6 Å². The van der Waals surface area contributed by atoms with E-state index in [0.29, 0.717) is 0 Å². The van der Waals surface area contributed by atoms with Gasteiger partial charge in [0.05, 0.1) is 0 Å². The molecule has 0 fully saturated rings. The van der Waals surface area contributed by atoms with Crippen LogP contribution in [-0.2, 0) is 0 Å². The fourth-order valence-corrected chi connectivity index (χ4v) is 5.31. The molecule has 0 saturated heterocycles. The standard InChI is InChI=1S/C20H14IN3Se/c21-20-19(15-9-3-1-4-10-15)22-23-24(20)17-13-7-8-14-18(17)25-16-11-5-2-6-12-16/h1-14H. The molecule has 3 aromatic carbocycles. The van der Waals surface area contributed by atoms with Crippen LogP contribution in [0.2, 0.25) is 0 Å². The van der Waals surface area contributed by atoms with E-state index < -0.39 is 0 Å². The molecule has 0 aliphatic heterocycles. The van der Waals surface area contributed by atoms with E-state index in [1.807, 2.05) is 22.9 Å². The zero-order valence-electron chi connectivity index (χ0n) is 13.2. The third-order valence-corrected chi connectivity index (χ3v) is 6.95. The molecule has 3 nitrogen and oxygen atoms in total. The molecule has 0 saturated carbocycles. The van der Waals surface area contributed by atoms with Gasteiger partial charge in [-0.15, -0.1) is 0 Å². The van der Waals surface area contributed by atoms with Gasteiger partial charge >= 0.3 is 167 Å². The van der Waals surface area contributed by atoms with Crippen LogP contribution in [0.5, 0.6) is 0 Å². The third kappa shape index (κ3) is 3.54. The molecule has 0 radical (unpaired) electrons. The average molecular weight is 502 g/mol. The van der Waals surface area contributed by atoms with Crippen molar-refractivity contribution in [2.24, 2.45) is 0 Å². The van der Waals surface area contributed by atoms with Gasteiger partial charge in [-0.2, -0.15) is 0 Å². The van der Waals surface area contributed by atoms with E-state index in [1.165, 1.54) is 8.92 Å². The van der Waals surface area contributed by atoms with Crippen molar-refractivity contribution in [2.75, 3.05) is 0 Å². The molecular weight excluding hydrogens is 488 g/mol. The third-order valence-electron chi connectivity index (χ3n) is 3.73. The summed E-state index contributed by atoms with van der Waals surface area (Å²) in [6.07, 6.45) is 0. The van der Waals surface area contributed by atoms with E-state index in [-0.39, 0.29) is 15.0 Å². The van der Waals surface area contributed by atoms with Crippen molar-refractivity contribution < 1.29 is 0 Å². The van der Waals surface area contributed by atoms with E-state index in [0.717, 1.165) is 20.6 Å². The molecule has 0 amide bonds. The molecule has 0 spiro atoms. The molecule has 0 atom stereocenters. The minimum absolute atomic E-state index is 0.222. The Labute approximate surface area is 166 Å². The van der Waals surface area contributed by atoms with Crippen molar-refractivity contribution in [3.63, 3.8) is 0 Å². The fraction of sp³-hybridized carbons (Fsp3) is 0. The molecule has 0 aliphatic carbocycles.